The van der Waals surface area contributed by atoms with E-state index in [1.54, 1.807) is 44.4 Å². The Morgan fingerprint density at radius 3 is 1.35 bits per heavy atom. The summed E-state index contributed by atoms with van der Waals surface area (Å²) >= 11 is 22.9. The molecule has 0 heterocycles. The van der Waals surface area contributed by atoms with E-state index in [1.807, 2.05) is 51.1 Å². The monoisotopic (exact) mass is 1030 g/mol. The number of benzene rings is 5. The third-order valence-electron chi connectivity index (χ3n) is 8.28. The van der Waals surface area contributed by atoms with Gasteiger partial charge in [0.2, 0.25) is 0 Å². The number of hydrogen-bond donors (Lipinski definition) is 5. The second-order valence-electron chi connectivity index (χ2n) is 12.7. The summed E-state index contributed by atoms with van der Waals surface area (Å²) in [5.74, 6) is -1.53. The van der Waals surface area contributed by atoms with Crippen molar-refractivity contribution in [3.8, 4) is 0 Å². The molecule has 20 heteroatoms. The smallest absolute Gasteiger partial charge is 0.355 e. The van der Waals surface area contributed by atoms with Crippen LogP contribution in [0.2, 0.25) is 20.1 Å². The molecule has 374 valence electrons. The van der Waals surface area contributed by atoms with Crippen molar-refractivity contribution >= 4 is 81.6 Å². The Morgan fingerprint density at radius 2 is 0.912 bits per heavy atom. The second-order valence-corrected chi connectivity index (χ2v) is 14.3. The lowest BCUT2D eigenvalue weighted by Gasteiger charge is -2.09. The van der Waals surface area contributed by atoms with Crippen LogP contribution >= 0.6 is 46.4 Å². The molecule has 0 atom stereocenters. The molecule has 0 unspecified atom stereocenters. The number of aryl methyl sites for hydroxylation is 3. The zero-order chi connectivity index (χ0) is 48.9. The molecule has 0 saturated carbocycles. The van der Waals surface area contributed by atoms with Gasteiger partial charge in [0.1, 0.15) is 5.56 Å². The third kappa shape index (κ3) is 21.2. The molecule has 0 aliphatic carbocycles. The molecule has 5 aromatic carbocycles. The standard InChI is InChI=1S/C10H13NO.C9H7ClF3NO.C9H10ClNO.C8H7Cl2NO.C8H8N2O3.4CH4/c1-7-4-5-9(8(2)6-7)10(12)11-3;1-14-8(15)6-4-5(9(11,12)13)2-3-7(6)10;1-6-4-3-5-7(10)8(6)9(12)11-2;1-11-8(12)7-5(9)3-2-4-6(7)10;1-9-8(11)6-4-2-3-5-7(6)10(12)13;;;;/h4-6H,1-3H3,(H,11,12);2-4H,1H3,(H,14,15);3-5H,1-2H3,(H,11,12);2-4H,1H3,(H,11,12);2-5H,1H3,(H,9,11);4*1H4. The normalized spacial score (nSPS) is 9.34. The van der Waals surface area contributed by atoms with Crippen LogP contribution in [0.25, 0.3) is 0 Å². The van der Waals surface area contributed by atoms with Gasteiger partial charge in [0, 0.05) is 46.9 Å². The summed E-state index contributed by atoms with van der Waals surface area (Å²) in [6.45, 7) is 5.81. The van der Waals surface area contributed by atoms with Crippen molar-refractivity contribution in [3.05, 3.63) is 177 Å². The minimum absolute atomic E-state index is 0. The van der Waals surface area contributed by atoms with Crippen molar-refractivity contribution in [2.24, 2.45) is 0 Å². The highest BCUT2D eigenvalue weighted by Gasteiger charge is 2.31. The summed E-state index contributed by atoms with van der Waals surface area (Å²) in [5, 5.41) is 23.8. The van der Waals surface area contributed by atoms with Gasteiger partial charge >= 0.3 is 6.18 Å². The quantitative estimate of drug-likeness (QED) is 0.0826. The summed E-state index contributed by atoms with van der Waals surface area (Å²) < 4.78 is 36.9. The minimum Gasteiger partial charge on any atom is -0.355 e. The highest BCUT2D eigenvalue weighted by Crippen LogP contribution is 2.32. The van der Waals surface area contributed by atoms with Crippen LogP contribution in [0.3, 0.4) is 0 Å². The number of hydrogen-bond acceptors (Lipinski definition) is 7. The van der Waals surface area contributed by atoms with Gasteiger partial charge in [0.05, 0.1) is 47.3 Å². The molecule has 0 aliphatic rings. The van der Waals surface area contributed by atoms with Crippen molar-refractivity contribution in [2.45, 2.75) is 56.7 Å². The average molecular weight is 1030 g/mol. The van der Waals surface area contributed by atoms with Gasteiger partial charge < -0.3 is 26.6 Å². The van der Waals surface area contributed by atoms with Gasteiger partial charge in [-0.3, -0.25) is 34.1 Å². The molecule has 0 fully saturated rings. The lowest BCUT2D eigenvalue weighted by molar-refractivity contribution is -0.385. The summed E-state index contributed by atoms with van der Waals surface area (Å²) in [7, 11) is 7.51. The number of carbonyl (C=O) groups is 5. The number of amides is 5. The Balaban J connectivity index is -0.000000372. The number of nitro benzene ring substituents is 1. The van der Waals surface area contributed by atoms with Crippen molar-refractivity contribution in [3.63, 3.8) is 0 Å². The number of carbonyl (C=O) groups excluding carboxylic acids is 5. The van der Waals surface area contributed by atoms with Gasteiger partial charge in [0.15, 0.2) is 0 Å². The van der Waals surface area contributed by atoms with Gasteiger partial charge in [0.25, 0.3) is 35.2 Å². The van der Waals surface area contributed by atoms with Crippen LogP contribution in [0.5, 0.6) is 0 Å². The number of nitro groups is 1. The number of nitrogens with zero attached hydrogens (tertiary/aromatic N) is 1. The summed E-state index contributed by atoms with van der Waals surface area (Å²) in [4.78, 5) is 65.8. The SMILES string of the molecule is C.C.C.C.CNC(=O)c1c(C)cccc1Cl.CNC(=O)c1c(Cl)cccc1Cl.CNC(=O)c1cc(C(F)(F)F)ccc1Cl.CNC(=O)c1ccc(C)cc1C.CNC(=O)c1ccccc1[N+](=O)[O-]. The predicted octanol–water partition coefficient (Wildman–Crippen LogP) is 12.2. The van der Waals surface area contributed by atoms with E-state index in [1.165, 1.54) is 44.9 Å². The first kappa shape index (κ1) is 68.4. The Hall–Kier alpha value is -6.20. The first-order valence-corrected chi connectivity index (χ1v) is 20.0. The van der Waals surface area contributed by atoms with Gasteiger partial charge in [-0.05, 0) is 80.4 Å². The lowest BCUT2D eigenvalue weighted by Crippen LogP contribution is -2.19. The average Bonchev–Trinajstić information content (AvgIpc) is 3.26. The van der Waals surface area contributed by atoms with E-state index in [0.29, 0.717) is 26.2 Å². The number of halogens is 7. The van der Waals surface area contributed by atoms with E-state index in [-0.39, 0.29) is 69.3 Å². The second kappa shape index (κ2) is 33.3. The van der Waals surface area contributed by atoms with E-state index in [0.717, 1.165) is 34.9 Å². The van der Waals surface area contributed by atoms with Crippen LogP contribution in [0.1, 0.15) is 104 Å². The highest BCUT2D eigenvalue weighted by molar-refractivity contribution is 6.39. The topological polar surface area (TPSA) is 189 Å². The van der Waals surface area contributed by atoms with Crippen LogP contribution in [0, 0.1) is 30.9 Å². The maximum Gasteiger partial charge on any atom is 0.416 e. The van der Waals surface area contributed by atoms with Gasteiger partial charge in [-0.15, -0.1) is 0 Å². The van der Waals surface area contributed by atoms with Crippen LogP contribution in [0.4, 0.5) is 18.9 Å². The lowest BCUT2D eigenvalue weighted by atomic mass is 10.1. The molecule has 5 aromatic rings. The molecular formula is C48H61Cl4F3N6O7. The largest absolute Gasteiger partial charge is 0.416 e. The molecule has 5 N–H and O–H groups in total. The molecule has 13 nitrogen and oxygen atoms in total. The van der Waals surface area contributed by atoms with Crippen LogP contribution in [-0.2, 0) is 6.18 Å². The highest BCUT2D eigenvalue weighted by atomic mass is 35.5. The fourth-order valence-corrected chi connectivity index (χ4v) is 6.14. The van der Waals surface area contributed by atoms with E-state index >= 15 is 0 Å². The fraction of sp³-hybridized carbons (Fsp3) is 0.271. The zero-order valence-corrected chi connectivity index (χ0v) is 38.7. The first-order chi connectivity index (χ1) is 30.0. The Morgan fingerprint density at radius 1 is 0.485 bits per heavy atom. The molecule has 0 spiro atoms. The minimum atomic E-state index is -4.48. The van der Waals surface area contributed by atoms with Crippen LogP contribution in [-0.4, -0.2) is 69.7 Å². The number of alkyl halides is 3. The molecule has 0 bridgehead atoms. The fourth-order valence-electron chi connectivity index (χ4n) is 5.06. The maximum absolute atomic E-state index is 12.3. The van der Waals surface area contributed by atoms with Crippen LogP contribution < -0.4 is 26.6 Å². The van der Waals surface area contributed by atoms with Crippen LogP contribution in [0.15, 0.2) is 97.1 Å². The molecule has 0 aromatic heterocycles. The Kier molecular flexibility index (Phi) is 33.5. The maximum atomic E-state index is 12.3. The van der Waals surface area contributed by atoms with E-state index in [9.17, 15) is 47.3 Å². The van der Waals surface area contributed by atoms with E-state index < -0.39 is 28.5 Å². The number of para-hydroxylation sites is 1. The molecule has 0 radical (unpaired) electrons. The number of nitrogens with one attached hydrogen (secondary N) is 5. The van der Waals surface area contributed by atoms with E-state index in [4.69, 9.17) is 46.4 Å². The van der Waals surface area contributed by atoms with Gasteiger partial charge in [-0.2, -0.15) is 13.2 Å². The van der Waals surface area contributed by atoms with Gasteiger partial charge in [-0.1, -0.05) is 124 Å². The Labute approximate surface area is 417 Å². The first-order valence-electron chi connectivity index (χ1n) is 18.5. The zero-order valence-electron chi connectivity index (χ0n) is 35.7. The van der Waals surface area contributed by atoms with Gasteiger partial charge in [-0.25, -0.2) is 0 Å². The summed E-state index contributed by atoms with van der Waals surface area (Å²) in [5.41, 5.74) is 3.54. The summed E-state index contributed by atoms with van der Waals surface area (Å²) in [6, 6.07) is 24.5. The van der Waals surface area contributed by atoms with E-state index in [2.05, 4.69) is 26.6 Å². The molecule has 0 aliphatic heterocycles. The molecule has 5 rings (SSSR count). The molecule has 0 saturated heterocycles. The molecule has 68 heavy (non-hydrogen) atoms. The van der Waals surface area contributed by atoms with Crippen molar-refractivity contribution < 1.29 is 42.1 Å². The summed E-state index contributed by atoms with van der Waals surface area (Å²) in [6.07, 6.45) is -4.48. The molecule has 5 amide bonds. The third-order valence-corrected chi connectivity index (χ3v) is 9.56. The van der Waals surface area contributed by atoms with Crippen molar-refractivity contribution in [1.29, 1.82) is 0 Å². The van der Waals surface area contributed by atoms with Crippen molar-refractivity contribution in [1.82, 2.24) is 26.6 Å². The Bertz CT molecular complexity index is 2350. The molecular weight excluding hydrogens is 971 g/mol. The number of rotatable bonds is 6. The van der Waals surface area contributed by atoms with Crippen molar-refractivity contribution in [2.75, 3.05) is 35.2 Å². The predicted molar refractivity (Wildman–Crippen MR) is 272 cm³/mol.